The van der Waals surface area contributed by atoms with Gasteiger partial charge in [-0.2, -0.15) is 0 Å². The van der Waals surface area contributed by atoms with Crippen molar-refractivity contribution in [2.45, 2.75) is 39.2 Å². The lowest BCUT2D eigenvalue weighted by Gasteiger charge is -2.23. The lowest BCUT2D eigenvalue weighted by atomic mass is 9.96. The van der Waals surface area contributed by atoms with Crippen molar-refractivity contribution in [2.24, 2.45) is 5.73 Å². The molecule has 0 saturated carbocycles. The number of ether oxygens (including phenoxy) is 2. The van der Waals surface area contributed by atoms with E-state index in [1.165, 1.54) is 13.2 Å². The number of carbonyl (C=O) groups is 1. The first-order chi connectivity index (χ1) is 10.2. The van der Waals surface area contributed by atoms with E-state index in [9.17, 15) is 9.18 Å². The zero-order valence-electron chi connectivity index (χ0n) is 13.8. The minimum absolute atomic E-state index is 0.168. The van der Waals surface area contributed by atoms with Crippen molar-refractivity contribution < 1.29 is 18.7 Å². The van der Waals surface area contributed by atoms with E-state index < -0.39 is 23.4 Å². The van der Waals surface area contributed by atoms with Crippen molar-refractivity contribution in [1.82, 2.24) is 5.32 Å². The molecule has 0 bridgehead atoms. The van der Waals surface area contributed by atoms with E-state index >= 15 is 0 Å². The lowest BCUT2D eigenvalue weighted by molar-refractivity contribution is 0.0524. The summed E-state index contributed by atoms with van der Waals surface area (Å²) in [6.45, 7) is 7.45. The van der Waals surface area contributed by atoms with Crippen LogP contribution in [0.3, 0.4) is 0 Å². The van der Waals surface area contributed by atoms with Gasteiger partial charge in [-0.15, -0.1) is 0 Å². The van der Waals surface area contributed by atoms with E-state index in [2.05, 4.69) is 5.32 Å². The topological polar surface area (TPSA) is 73.6 Å². The monoisotopic (exact) mass is 312 g/mol. The molecule has 0 aromatic heterocycles. The number of nitrogens with two attached hydrogens (primary N) is 1. The molecule has 124 valence electrons. The predicted octanol–water partition coefficient (Wildman–Crippen LogP) is 2.71. The zero-order chi connectivity index (χ0) is 16.9. The molecule has 0 aliphatic heterocycles. The molecule has 0 aliphatic carbocycles. The first-order valence-corrected chi connectivity index (χ1v) is 7.19. The van der Waals surface area contributed by atoms with Crippen molar-refractivity contribution in [1.29, 1.82) is 0 Å². The SMILES string of the molecule is COc1cc(C)cc(F)c1C(CN)CNC(=O)OC(C)(C)C. The zero-order valence-corrected chi connectivity index (χ0v) is 13.8. The van der Waals surface area contributed by atoms with Crippen LogP contribution in [0.25, 0.3) is 0 Å². The molecule has 22 heavy (non-hydrogen) atoms. The van der Waals surface area contributed by atoms with Gasteiger partial charge in [-0.3, -0.25) is 0 Å². The second-order valence-electron chi connectivity index (χ2n) is 6.18. The van der Waals surface area contributed by atoms with E-state index in [-0.39, 0.29) is 13.1 Å². The number of amides is 1. The van der Waals surface area contributed by atoms with Crippen LogP contribution in [0, 0.1) is 12.7 Å². The number of alkyl carbamates (subject to hydrolysis) is 1. The first kappa shape index (κ1) is 18.2. The summed E-state index contributed by atoms with van der Waals surface area (Å²) in [6, 6.07) is 3.17. The second-order valence-corrected chi connectivity index (χ2v) is 6.18. The summed E-state index contributed by atoms with van der Waals surface area (Å²) in [5, 5.41) is 2.62. The molecule has 1 unspecified atom stereocenters. The van der Waals surface area contributed by atoms with Gasteiger partial charge in [0.1, 0.15) is 17.2 Å². The number of rotatable bonds is 5. The average molecular weight is 312 g/mol. The van der Waals surface area contributed by atoms with Crippen molar-refractivity contribution >= 4 is 6.09 Å². The quantitative estimate of drug-likeness (QED) is 0.877. The number of carbonyl (C=O) groups excluding carboxylic acids is 1. The van der Waals surface area contributed by atoms with Gasteiger partial charge in [-0.1, -0.05) is 0 Å². The Labute approximate surface area is 131 Å². The van der Waals surface area contributed by atoms with Gasteiger partial charge >= 0.3 is 6.09 Å². The molecular weight excluding hydrogens is 287 g/mol. The number of benzene rings is 1. The van der Waals surface area contributed by atoms with Crippen LogP contribution in [0.4, 0.5) is 9.18 Å². The minimum atomic E-state index is -0.588. The fraction of sp³-hybridized carbons (Fsp3) is 0.562. The van der Waals surface area contributed by atoms with Gasteiger partial charge < -0.3 is 20.5 Å². The number of hydrogen-bond donors (Lipinski definition) is 2. The predicted molar refractivity (Wildman–Crippen MR) is 83.7 cm³/mol. The van der Waals surface area contributed by atoms with E-state index in [1.54, 1.807) is 33.8 Å². The van der Waals surface area contributed by atoms with Crippen molar-refractivity contribution in [2.75, 3.05) is 20.2 Å². The van der Waals surface area contributed by atoms with Gasteiger partial charge in [0, 0.05) is 24.6 Å². The van der Waals surface area contributed by atoms with Gasteiger partial charge in [0.25, 0.3) is 0 Å². The Morgan fingerprint density at radius 3 is 2.55 bits per heavy atom. The third-order valence-electron chi connectivity index (χ3n) is 3.04. The summed E-state index contributed by atoms with van der Waals surface area (Å²) in [5.41, 5.74) is 6.27. The summed E-state index contributed by atoms with van der Waals surface area (Å²) in [4.78, 5) is 11.7. The molecule has 0 saturated heterocycles. The van der Waals surface area contributed by atoms with Crippen LogP contribution in [0.1, 0.15) is 37.8 Å². The Balaban J connectivity index is 2.87. The molecule has 0 spiro atoms. The summed E-state index contributed by atoms with van der Waals surface area (Å²) >= 11 is 0. The van der Waals surface area contributed by atoms with Crippen LogP contribution in [0.5, 0.6) is 5.75 Å². The van der Waals surface area contributed by atoms with Crippen LogP contribution >= 0.6 is 0 Å². The lowest BCUT2D eigenvalue weighted by Crippen LogP contribution is -2.36. The molecule has 0 heterocycles. The molecule has 1 aromatic carbocycles. The van der Waals surface area contributed by atoms with Gasteiger partial charge in [0.15, 0.2) is 0 Å². The van der Waals surface area contributed by atoms with Crippen molar-refractivity contribution in [3.8, 4) is 5.75 Å². The van der Waals surface area contributed by atoms with E-state index in [0.717, 1.165) is 5.56 Å². The van der Waals surface area contributed by atoms with Gasteiger partial charge in [-0.05, 0) is 45.4 Å². The van der Waals surface area contributed by atoms with Gasteiger partial charge in [0.05, 0.1) is 7.11 Å². The number of halogens is 1. The highest BCUT2D eigenvalue weighted by Gasteiger charge is 2.22. The van der Waals surface area contributed by atoms with Crippen LogP contribution < -0.4 is 15.8 Å². The van der Waals surface area contributed by atoms with Crippen LogP contribution in [0.2, 0.25) is 0 Å². The van der Waals surface area contributed by atoms with Crippen LogP contribution in [0.15, 0.2) is 12.1 Å². The summed E-state index contributed by atoms with van der Waals surface area (Å²) in [5.74, 6) is -0.361. The minimum Gasteiger partial charge on any atom is -0.496 e. The average Bonchev–Trinajstić information content (AvgIpc) is 2.38. The molecule has 0 fully saturated rings. The normalized spacial score (nSPS) is 12.7. The summed E-state index contributed by atoms with van der Waals surface area (Å²) < 4.78 is 24.6. The maximum atomic E-state index is 14.3. The first-order valence-electron chi connectivity index (χ1n) is 7.19. The second kappa shape index (κ2) is 7.45. The number of aryl methyl sites for hydroxylation is 1. The third-order valence-corrected chi connectivity index (χ3v) is 3.04. The molecule has 1 atom stereocenters. The van der Waals surface area contributed by atoms with Crippen LogP contribution in [-0.4, -0.2) is 31.9 Å². The Hall–Kier alpha value is -1.82. The highest BCUT2D eigenvalue weighted by Crippen LogP contribution is 2.30. The molecule has 6 heteroatoms. The summed E-state index contributed by atoms with van der Waals surface area (Å²) in [6.07, 6.45) is -0.558. The molecule has 3 N–H and O–H groups in total. The molecule has 0 aliphatic rings. The maximum Gasteiger partial charge on any atom is 0.407 e. The Bertz CT molecular complexity index is 527. The van der Waals surface area contributed by atoms with Crippen molar-refractivity contribution in [3.63, 3.8) is 0 Å². The highest BCUT2D eigenvalue weighted by atomic mass is 19.1. The molecule has 1 rings (SSSR count). The van der Waals surface area contributed by atoms with E-state index in [1.807, 2.05) is 0 Å². The summed E-state index contributed by atoms with van der Waals surface area (Å²) in [7, 11) is 1.48. The Kier molecular flexibility index (Phi) is 6.17. The standard InChI is InChI=1S/C16H25FN2O3/c1-10-6-12(17)14(13(7-10)21-5)11(8-18)9-19-15(20)22-16(2,3)4/h6-7,11H,8-9,18H2,1-5H3,(H,19,20). The highest BCUT2D eigenvalue weighted by molar-refractivity contribution is 5.67. The van der Waals surface area contributed by atoms with Crippen molar-refractivity contribution in [3.05, 3.63) is 29.1 Å². The number of hydrogen-bond acceptors (Lipinski definition) is 4. The van der Waals surface area contributed by atoms with Gasteiger partial charge in [-0.25, -0.2) is 9.18 Å². The third kappa shape index (κ3) is 5.18. The fourth-order valence-corrected chi connectivity index (χ4v) is 2.11. The molecule has 5 nitrogen and oxygen atoms in total. The molecule has 1 aromatic rings. The van der Waals surface area contributed by atoms with Crippen LogP contribution in [-0.2, 0) is 4.74 Å². The maximum absolute atomic E-state index is 14.3. The van der Waals surface area contributed by atoms with E-state index in [0.29, 0.717) is 11.3 Å². The smallest absolute Gasteiger partial charge is 0.407 e. The van der Waals surface area contributed by atoms with E-state index in [4.69, 9.17) is 15.2 Å². The number of nitrogens with one attached hydrogen (secondary N) is 1. The molecular formula is C16H25FN2O3. The Morgan fingerprint density at radius 1 is 1.41 bits per heavy atom. The number of methoxy groups -OCH3 is 1. The Morgan fingerprint density at radius 2 is 2.05 bits per heavy atom. The molecule has 0 radical (unpaired) electrons. The largest absolute Gasteiger partial charge is 0.496 e. The molecule has 1 amide bonds. The fourth-order valence-electron chi connectivity index (χ4n) is 2.11. The van der Waals surface area contributed by atoms with Gasteiger partial charge in [0.2, 0.25) is 0 Å².